The number of hydrogen-bond acceptors (Lipinski definition) is 2. The molecule has 0 bridgehead atoms. The van der Waals surface area contributed by atoms with Gasteiger partial charge in [-0.1, -0.05) is 36.4 Å². The third kappa shape index (κ3) is 3.22. The van der Waals surface area contributed by atoms with Crippen molar-refractivity contribution in [3.8, 4) is 5.75 Å². The van der Waals surface area contributed by atoms with E-state index in [-0.39, 0.29) is 17.9 Å². The summed E-state index contributed by atoms with van der Waals surface area (Å²) < 4.78 is 5.35. The van der Waals surface area contributed by atoms with Crippen molar-refractivity contribution in [2.24, 2.45) is 0 Å². The molecule has 0 amide bonds. The molecule has 0 aliphatic carbocycles. The van der Waals surface area contributed by atoms with Gasteiger partial charge in [-0.05, 0) is 48.6 Å². The van der Waals surface area contributed by atoms with Crippen molar-refractivity contribution in [2.45, 2.75) is 25.3 Å². The zero-order valence-corrected chi connectivity index (χ0v) is 13.4. The lowest BCUT2D eigenvalue weighted by Gasteiger charge is -2.37. The predicted octanol–water partition coefficient (Wildman–Crippen LogP) is 3.72. The van der Waals surface area contributed by atoms with Gasteiger partial charge in [0.2, 0.25) is 0 Å². The highest BCUT2D eigenvalue weighted by atomic mass is 35.5. The first kappa shape index (κ1) is 15.9. The normalized spacial score (nSPS) is 20.3. The lowest BCUT2D eigenvalue weighted by molar-refractivity contribution is 0.342. The number of rotatable bonds is 3. The van der Waals surface area contributed by atoms with E-state index in [4.69, 9.17) is 4.74 Å². The van der Waals surface area contributed by atoms with Gasteiger partial charge in [0.15, 0.2) is 0 Å². The van der Waals surface area contributed by atoms with Crippen LogP contribution in [0, 0.1) is 0 Å². The van der Waals surface area contributed by atoms with Gasteiger partial charge in [0.05, 0.1) is 7.11 Å². The average molecular weight is 304 g/mol. The molecule has 1 unspecified atom stereocenters. The van der Waals surface area contributed by atoms with Gasteiger partial charge in [-0.15, -0.1) is 12.4 Å². The summed E-state index contributed by atoms with van der Waals surface area (Å²) in [7, 11) is 1.73. The van der Waals surface area contributed by atoms with Crippen LogP contribution in [-0.2, 0) is 18.4 Å². The van der Waals surface area contributed by atoms with E-state index in [2.05, 4.69) is 60.8 Å². The van der Waals surface area contributed by atoms with Gasteiger partial charge in [0.25, 0.3) is 0 Å². The fourth-order valence-electron chi connectivity index (χ4n) is 3.17. The van der Waals surface area contributed by atoms with Crippen molar-refractivity contribution in [3.05, 3.63) is 65.2 Å². The second-order valence-electron chi connectivity index (χ2n) is 5.69. The Morgan fingerprint density at radius 3 is 2.62 bits per heavy atom. The molecule has 0 radical (unpaired) electrons. The highest BCUT2D eigenvalue weighted by Crippen LogP contribution is 2.33. The molecular weight excluding hydrogens is 282 g/mol. The Labute approximate surface area is 132 Å². The molecule has 21 heavy (non-hydrogen) atoms. The van der Waals surface area contributed by atoms with Crippen LogP contribution in [-0.4, -0.2) is 13.7 Å². The smallest absolute Gasteiger partial charge is 0.119 e. The van der Waals surface area contributed by atoms with Crippen molar-refractivity contribution in [1.29, 1.82) is 0 Å². The average Bonchev–Trinajstić information content (AvgIpc) is 2.48. The third-order valence-corrected chi connectivity index (χ3v) is 4.22. The number of methoxy groups -OCH3 is 1. The molecule has 0 aromatic heterocycles. The molecule has 0 saturated heterocycles. The van der Waals surface area contributed by atoms with Gasteiger partial charge in [0.1, 0.15) is 5.75 Å². The van der Waals surface area contributed by atoms with E-state index >= 15 is 0 Å². The fourth-order valence-corrected chi connectivity index (χ4v) is 3.17. The van der Waals surface area contributed by atoms with E-state index in [0.717, 1.165) is 25.1 Å². The minimum atomic E-state index is 0. The van der Waals surface area contributed by atoms with E-state index in [1.807, 2.05) is 0 Å². The second kappa shape index (κ2) is 6.50. The summed E-state index contributed by atoms with van der Waals surface area (Å²) in [6.07, 6.45) is 2.07. The van der Waals surface area contributed by atoms with Crippen LogP contribution in [0.3, 0.4) is 0 Å². The Bertz CT molecular complexity index is 599. The van der Waals surface area contributed by atoms with Crippen molar-refractivity contribution >= 4 is 12.4 Å². The molecule has 1 aliphatic rings. The molecular formula is C18H22ClNO. The number of nitrogens with one attached hydrogen (secondary N) is 1. The van der Waals surface area contributed by atoms with Crippen LogP contribution >= 0.6 is 12.4 Å². The SMILES string of the molecule is COc1ccc2c(c1)CCNC2(C)Cc1ccccc1.Cl. The molecule has 1 heterocycles. The molecule has 0 saturated carbocycles. The van der Waals surface area contributed by atoms with Crippen LogP contribution in [0.2, 0.25) is 0 Å². The van der Waals surface area contributed by atoms with E-state index in [1.165, 1.54) is 16.7 Å². The highest BCUT2D eigenvalue weighted by molar-refractivity contribution is 5.85. The summed E-state index contributed by atoms with van der Waals surface area (Å²) in [5.74, 6) is 0.952. The third-order valence-electron chi connectivity index (χ3n) is 4.22. The first-order chi connectivity index (χ1) is 9.71. The van der Waals surface area contributed by atoms with Crippen LogP contribution in [0.25, 0.3) is 0 Å². The summed E-state index contributed by atoms with van der Waals surface area (Å²) in [5, 5.41) is 3.70. The van der Waals surface area contributed by atoms with Crippen molar-refractivity contribution in [1.82, 2.24) is 5.32 Å². The summed E-state index contributed by atoms with van der Waals surface area (Å²) in [4.78, 5) is 0. The molecule has 112 valence electrons. The van der Waals surface area contributed by atoms with Crippen molar-refractivity contribution in [2.75, 3.05) is 13.7 Å². The molecule has 0 spiro atoms. The zero-order valence-electron chi connectivity index (χ0n) is 12.6. The Morgan fingerprint density at radius 2 is 1.90 bits per heavy atom. The van der Waals surface area contributed by atoms with E-state index in [1.54, 1.807) is 7.11 Å². The minimum Gasteiger partial charge on any atom is -0.497 e. The quantitative estimate of drug-likeness (QED) is 0.933. The topological polar surface area (TPSA) is 21.3 Å². The molecule has 2 aromatic rings. The van der Waals surface area contributed by atoms with Crippen LogP contribution in [0.4, 0.5) is 0 Å². The first-order valence-corrected chi connectivity index (χ1v) is 7.18. The summed E-state index contributed by atoms with van der Waals surface area (Å²) in [5.41, 5.74) is 4.17. The van der Waals surface area contributed by atoms with Crippen LogP contribution < -0.4 is 10.1 Å². The Hall–Kier alpha value is -1.51. The predicted molar refractivity (Wildman–Crippen MR) is 89.4 cm³/mol. The summed E-state index contributed by atoms with van der Waals surface area (Å²) in [6, 6.07) is 17.1. The molecule has 1 N–H and O–H groups in total. The summed E-state index contributed by atoms with van der Waals surface area (Å²) in [6.45, 7) is 3.31. The molecule has 3 heteroatoms. The van der Waals surface area contributed by atoms with Crippen LogP contribution in [0.15, 0.2) is 48.5 Å². The second-order valence-corrected chi connectivity index (χ2v) is 5.69. The molecule has 2 aromatic carbocycles. The largest absolute Gasteiger partial charge is 0.497 e. The fraction of sp³-hybridized carbons (Fsp3) is 0.333. The molecule has 1 aliphatic heterocycles. The Kier molecular flexibility index (Phi) is 4.92. The van der Waals surface area contributed by atoms with Gasteiger partial charge >= 0.3 is 0 Å². The lowest BCUT2D eigenvalue weighted by Crippen LogP contribution is -2.46. The van der Waals surface area contributed by atoms with Gasteiger partial charge < -0.3 is 10.1 Å². The standard InChI is InChI=1S/C18H21NO.ClH/c1-18(13-14-6-4-3-5-7-14)17-9-8-16(20-2)12-15(17)10-11-19-18;/h3-9,12,19H,10-11,13H2,1-2H3;1H. The van der Waals surface area contributed by atoms with Gasteiger partial charge in [0, 0.05) is 12.1 Å². The maximum absolute atomic E-state index is 5.35. The van der Waals surface area contributed by atoms with Gasteiger partial charge in [-0.25, -0.2) is 0 Å². The number of ether oxygens (including phenoxy) is 1. The van der Waals surface area contributed by atoms with Crippen molar-refractivity contribution < 1.29 is 4.74 Å². The van der Waals surface area contributed by atoms with Crippen LogP contribution in [0.5, 0.6) is 5.75 Å². The lowest BCUT2D eigenvalue weighted by atomic mass is 9.79. The van der Waals surface area contributed by atoms with Crippen LogP contribution in [0.1, 0.15) is 23.6 Å². The maximum atomic E-state index is 5.35. The van der Waals surface area contributed by atoms with Gasteiger partial charge in [-0.3, -0.25) is 0 Å². The Morgan fingerprint density at radius 1 is 1.14 bits per heavy atom. The number of benzene rings is 2. The molecule has 2 nitrogen and oxygen atoms in total. The van der Waals surface area contributed by atoms with E-state index in [9.17, 15) is 0 Å². The highest BCUT2D eigenvalue weighted by Gasteiger charge is 2.31. The molecule has 0 fully saturated rings. The molecule has 1 atom stereocenters. The Balaban J connectivity index is 0.00000161. The van der Waals surface area contributed by atoms with Gasteiger partial charge in [-0.2, -0.15) is 0 Å². The van der Waals surface area contributed by atoms with E-state index in [0.29, 0.717) is 0 Å². The maximum Gasteiger partial charge on any atom is 0.119 e. The van der Waals surface area contributed by atoms with E-state index < -0.39 is 0 Å². The monoisotopic (exact) mass is 303 g/mol. The number of halogens is 1. The minimum absolute atomic E-state index is 0. The number of hydrogen-bond donors (Lipinski definition) is 1. The zero-order chi connectivity index (χ0) is 14.0. The summed E-state index contributed by atoms with van der Waals surface area (Å²) >= 11 is 0. The van der Waals surface area contributed by atoms with Crippen molar-refractivity contribution in [3.63, 3.8) is 0 Å². The first-order valence-electron chi connectivity index (χ1n) is 7.18. The number of fused-ring (bicyclic) bond motifs is 1. The molecule has 3 rings (SSSR count).